The van der Waals surface area contributed by atoms with Crippen molar-refractivity contribution in [2.45, 2.75) is 23.9 Å². The Morgan fingerprint density at radius 3 is 2.50 bits per heavy atom. The van der Waals surface area contributed by atoms with E-state index >= 15 is 0 Å². The summed E-state index contributed by atoms with van der Waals surface area (Å²) in [5.74, 6) is 0. The molecule has 0 aromatic heterocycles. The number of nitrogens with one attached hydrogen (secondary N) is 2. The Labute approximate surface area is 115 Å². The van der Waals surface area contributed by atoms with Crippen molar-refractivity contribution in [3.63, 3.8) is 0 Å². The molecule has 0 heterocycles. The van der Waals surface area contributed by atoms with Crippen LogP contribution < -0.4 is 15.8 Å². The average molecular weight is 311 g/mol. The fourth-order valence-corrected chi connectivity index (χ4v) is 2.47. The Kier molecular flexibility index (Phi) is 5.23. The second-order valence-corrected chi connectivity index (χ2v) is 5.96. The van der Waals surface area contributed by atoms with Crippen LogP contribution >= 0.6 is 0 Å². The molecule has 1 aromatic rings. The van der Waals surface area contributed by atoms with Gasteiger partial charge in [0.1, 0.15) is 4.90 Å². The van der Waals surface area contributed by atoms with Gasteiger partial charge in [-0.1, -0.05) is 0 Å². The molecule has 0 fully saturated rings. The summed E-state index contributed by atoms with van der Waals surface area (Å²) in [4.78, 5) is -0.0907. The zero-order valence-corrected chi connectivity index (χ0v) is 11.6. The SMILES string of the molecule is CNS(=O)(=O)c1cc(N)ccc1NCCCC(F)(F)F. The lowest BCUT2D eigenvalue weighted by Crippen LogP contribution is -2.21. The lowest BCUT2D eigenvalue weighted by Gasteiger charge is -2.13. The molecule has 0 atom stereocenters. The number of rotatable bonds is 6. The van der Waals surface area contributed by atoms with Gasteiger partial charge >= 0.3 is 6.18 Å². The van der Waals surface area contributed by atoms with Crippen LogP contribution in [-0.2, 0) is 10.0 Å². The highest BCUT2D eigenvalue weighted by Crippen LogP contribution is 2.25. The van der Waals surface area contributed by atoms with Crippen LogP contribution in [0.25, 0.3) is 0 Å². The highest BCUT2D eigenvalue weighted by Gasteiger charge is 2.26. The largest absolute Gasteiger partial charge is 0.399 e. The molecule has 1 aromatic carbocycles. The number of halogens is 3. The van der Waals surface area contributed by atoms with Crippen LogP contribution in [0.1, 0.15) is 12.8 Å². The Morgan fingerprint density at radius 1 is 1.30 bits per heavy atom. The summed E-state index contributed by atoms with van der Waals surface area (Å²) in [6.07, 6.45) is -5.29. The second-order valence-electron chi connectivity index (χ2n) is 4.11. The number of nitrogens with two attached hydrogens (primary N) is 1. The minimum absolute atomic E-state index is 0.00959. The molecule has 0 aliphatic heterocycles. The molecule has 0 aliphatic carbocycles. The third-order valence-corrected chi connectivity index (χ3v) is 3.97. The number of alkyl halides is 3. The van der Waals surface area contributed by atoms with E-state index in [4.69, 9.17) is 5.73 Å². The summed E-state index contributed by atoms with van der Waals surface area (Å²) >= 11 is 0. The first-order valence-corrected chi connectivity index (χ1v) is 7.28. The molecule has 0 spiro atoms. The molecular formula is C11H16F3N3O2S. The second kappa shape index (κ2) is 6.31. The molecule has 0 unspecified atom stereocenters. The minimum Gasteiger partial charge on any atom is -0.399 e. The van der Waals surface area contributed by atoms with E-state index in [9.17, 15) is 21.6 Å². The summed E-state index contributed by atoms with van der Waals surface area (Å²) in [5.41, 5.74) is 5.99. The van der Waals surface area contributed by atoms with Crippen LogP contribution in [0.4, 0.5) is 24.5 Å². The van der Waals surface area contributed by atoms with Crippen LogP contribution in [-0.4, -0.2) is 28.2 Å². The van der Waals surface area contributed by atoms with Crippen LogP contribution in [0.5, 0.6) is 0 Å². The molecule has 0 aliphatic rings. The van der Waals surface area contributed by atoms with Crippen LogP contribution in [0, 0.1) is 0 Å². The molecule has 0 saturated carbocycles. The molecule has 0 saturated heterocycles. The quantitative estimate of drug-likeness (QED) is 0.554. The number of anilines is 2. The van der Waals surface area contributed by atoms with E-state index in [1.807, 2.05) is 0 Å². The Morgan fingerprint density at radius 2 is 1.95 bits per heavy atom. The number of benzene rings is 1. The molecule has 4 N–H and O–H groups in total. The predicted molar refractivity (Wildman–Crippen MR) is 70.9 cm³/mol. The first kappa shape index (κ1) is 16.6. The Hall–Kier alpha value is -1.48. The summed E-state index contributed by atoms with van der Waals surface area (Å²) in [6, 6.07) is 4.14. The molecule has 114 valence electrons. The molecule has 9 heteroatoms. The zero-order chi connectivity index (χ0) is 15.4. The standard InChI is InChI=1S/C11H16F3N3O2S/c1-16-20(18,19)10-7-8(15)3-4-9(10)17-6-2-5-11(12,13)14/h3-4,7,16-17H,2,5-6,15H2,1H3. The molecule has 0 bridgehead atoms. The van der Waals surface area contributed by atoms with Crippen molar-refractivity contribution >= 4 is 21.4 Å². The summed E-state index contributed by atoms with van der Waals surface area (Å²) in [6.45, 7) is 0.00959. The van der Waals surface area contributed by atoms with Crippen LogP contribution in [0.15, 0.2) is 23.1 Å². The van der Waals surface area contributed by atoms with Gasteiger partial charge in [0.15, 0.2) is 0 Å². The van der Waals surface area contributed by atoms with Crippen LogP contribution in [0.2, 0.25) is 0 Å². The molecular weight excluding hydrogens is 295 g/mol. The Bertz CT molecular complexity index is 559. The molecule has 5 nitrogen and oxygen atoms in total. The van der Waals surface area contributed by atoms with E-state index < -0.39 is 22.6 Å². The summed E-state index contributed by atoms with van der Waals surface area (Å²) in [5, 5.41) is 2.68. The van der Waals surface area contributed by atoms with Crippen molar-refractivity contribution in [1.82, 2.24) is 4.72 Å². The van der Waals surface area contributed by atoms with Gasteiger partial charge in [-0.05, 0) is 31.7 Å². The first-order chi connectivity index (χ1) is 9.15. The lowest BCUT2D eigenvalue weighted by molar-refractivity contribution is -0.134. The van der Waals surface area contributed by atoms with Crippen molar-refractivity contribution in [2.75, 3.05) is 24.6 Å². The van der Waals surface area contributed by atoms with Crippen molar-refractivity contribution in [3.05, 3.63) is 18.2 Å². The van der Waals surface area contributed by atoms with Crippen LogP contribution in [0.3, 0.4) is 0 Å². The number of hydrogen-bond acceptors (Lipinski definition) is 4. The average Bonchev–Trinajstić information content (AvgIpc) is 2.34. The van der Waals surface area contributed by atoms with Gasteiger partial charge in [0, 0.05) is 18.7 Å². The van der Waals surface area contributed by atoms with Crippen molar-refractivity contribution in [2.24, 2.45) is 0 Å². The molecule has 0 radical (unpaired) electrons. The smallest absolute Gasteiger partial charge is 0.389 e. The number of nitrogen functional groups attached to an aromatic ring is 1. The summed E-state index contributed by atoms with van der Waals surface area (Å²) < 4.78 is 61.7. The maximum absolute atomic E-state index is 12.0. The lowest BCUT2D eigenvalue weighted by atomic mass is 10.2. The van der Waals surface area contributed by atoms with Crippen molar-refractivity contribution in [1.29, 1.82) is 0 Å². The highest BCUT2D eigenvalue weighted by molar-refractivity contribution is 7.89. The monoisotopic (exact) mass is 311 g/mol. The predicted octanol–water partition coefficient (Wildman–Crippen LogP) is 1.93. The van der Waals surface area contributed by atoms with E-state index in [-0.39, 0.29) is 29.2 Å². The first-order valence-electron chi connectivity index (χ1n) is 5.79. The molecule has 0 amide bonds. The van der Waals surface area contributed by atoms with E-state index in [0.29, 0.717) is 0 Å². The van der Waals surface area contributed by atoms with E-state index in [0.717, 1.165) is 0 Å². The Balaban J connectivity index is 2.81. The third-order valence-electron chi connectivity index (χ3n) is 2.52. The van der Waals surface area contributed by atoms with Gasteiger partial charge in [-0.2, -0.15) is 13.2 Å². The zero-order valence-electron chi connectivity index (χ0n) is 10.8. The van der Waals surface area contributed by atoms with Gasteiger partial charge in [0.2, 0.25) is 10.0 Å². The van der Waals surface area contributed by atoms with Gasteiger partial charge in [0.05, 0.1) is 5.69 Å². The minimum atomic E-state index is -4.22. The van der Waals surface area contributed by atoms with E-state index in [1.165, 1.54) is 25.2 Å². The van der Waals surface area contributed by atoms with E-state index in [2.05, 4.69) is 10.0 Å². The number of sulfonamides is 1. The topological polar surface area (TPSA) is 84.2 Å². The fraction of sp³-hybridized carbons (Fsp3) is 0.455. The van der Waals surface area contributed by atoms with Crippen molar-refractivity contribution in [3.8, 4) is 0 Å². The maximum Gasteiger partial charge on any atom is 0.389 e. The maximum atomic E-state index is 12.0. The molecule has 1 rings (SSSR count). The normalized spacial score (nSPS) is 12.4. The van der Waals surface area contributed by atoms with Gasteiger partial charge < -0.3 is 11.1 Å². The third kappa shape index (κ3) is 4.89. The molecule has 20 heavy (non-hydrogen) atoms. The van der Waals surface area contributed by atoms with Gasteiger partial charge in [-0.15, -0.1) is 0 Å². The van der Waals surface area contributed by atoms with Crippen molar-refractivity contribution < 1.29 is 21.6 Å². The van der Waals surface area contributed by atoms with E-state index in [1.54, 1.807) is 0 Å². The van der Waals surface area contributed by atoms with Gasteiger partial charge in [0.25, 0.3) is 0 Å². The fourth-order valence-electron chi connectivity index (χ4n) is 1.53. The van der Waals surface area contributed by atoms with Gasteiger partial charge in [-0.3, -0.25) is 0 Å². The highest BCUT2D eigenvalue weighted by atomic mass is 32.2. The summed E-state index contributed by atoms with van der Waals surface area (Å²) in [7, 11) is -2.49. The van der Waals surface area contributed by atoms with Gasteiger partial charge in [-0.25, -0.2) is 13.1 Å². The number of hydrogen-bond donors (Lipinski definition) is 3.